The molecule has 0 amide bonds. The first kappa shape index (κ1) is 18.5. The average molecular weight is 392 g/mol. The highest BCUT2D eigenvalue weighted by Gasteiger charge is 2.26. The Labute approximate surface area is 177 Å². The summed E-state index contributed by atoms with van der Waals surface area (Å²) in [5.74, 6) is 0. The first-order chi connectivity index (χ1) is 14.5. The van der Waals surface area contributed by atoms with Crippen molar-refractivity contribution in [3.63, 3.8) is 0 Å². The molecule has 0 aliphatic rings. The van der Waals surface area contributed by atoms with E-state index in [9.17, 15) is 0 Å². The summed E-state index contributed by atoms with van der Waals surface area (Å²) in [5, 5.41) is 2.31. The topological polar surface area (TPSA) is 16.4 Å². The van der Waals surface area contributed by atoms with Crippen LogP contribution in [0.3, 0.4) is 0 Å². The minimum Gasteiger partial charge on any atom is -0.456 e. The van der Waals surface area contributed by atoms with Crippen molar-refractivity contribution in [2.24, 2.45) is 0 Å². The monoisotopic (exact) mass is 391 g/mol. The molecule has 5 rings (SSSR count). The molecule has 0 unspecified atom stereocenters. The maximum atomic E-state index is 6.18. The van der Waals surface area contributed by atoms with E-state index < -0.39 is 0 Å². The van der Waals surface area contributed by atoms with E-state index in [1.165, 1.54) is 16.8 Å². The molecular formula is C28H25NO. The lowest BCUT2D eigenvalue weighted by molar-refractivity contribution is 0.560. The van der Waals surface area contributed by atoms with Crippen LogP contribution in [-0.4, -0.2) is 5.54 Å². The second kappa shape index (κ2) is 7.07. The molecule has 0 aliphatic heterocycles. The molecule has 0 saturated carbocycles. The predicted octanol–water partition coefficient (Wildman–Crippen LogP) is 8.19. The molecule has 0 aliphatic carbocycles. The van der Waals surface area contributed by atoms with Gasteiger partial charge >= 0.3 is 0 Å². The van der Waals surface area contributed by atoms with Gasteiger partial charge in [-0.25, -0.2) is 0 Å². The first-order valence-corrected chi connectivity index (χ1v) is 10.4. The summed E-state index contributed by atoms with van der Waals surface area (Å²) in [6.07, 6.45) is 0. The molecule has 0 spiro atoms. The largest absolute Gasteiger partial charge is 0.456 e. The number of hydrogen-bond donors (Lipinski definition) is 0. The molecule has 0 N–H and O–H groups in total. The van der Waals surface area contributed by atoms with Crippen molar-refractivity contribution >= 4 is 33.3 Å². The minimum atomic E-state index is -0.120. The Bertz CT molecular complexity index is 1330. The number of rotatable bonds is 3. The van der Waals surface area contributed by atoms with Crippen LogP contribution in [0.25, 0.3) is 33.1 Å². The van der Waals surface area contributed by atoms with Gasteiger partial charge in [0.2, 0.25) is 0 Å². The Morgan fingerprint density at radius 1 is 0.633 bits per heavy atom. The number of hydrogen-bond acceptors (Lipinski definition) is 2. The third kappa shape index (κ3) is 3.15. The summed E-state index contributed by atoms with van der Waals surface area (Å²) in [6.45, 7) is 6.74. The molecular weight excluding hydrogens is 366 g/mol. The summed E-state index contributed by atoms with van der Waals surface area (Å²) in [6, 6.07) is 34.0. The summed E-state index contributed by atoms with van der Waals surface area (Å²) in [7, 11) is 0. The van der Waals surface area contributed by atoms with Crippen molar-refractivity contribution in [2.75, 3.05) is 4.90 Å². The van der Waals surface area contributed by atoms with Gasteiger partial charge in [-0.1, -0.05) is 66.7 Å². The number of fused-ring (bicyclic) bond motifs is 3. The standard InChI is InChI=1S/C28H25NO/c1-28(2,3)29(25-15-9-7-13-22(25)20-11-5-4-6-12-20)21-17-18-24-23-14-8-10-16-26(23)30-27(24)19-21/h4-19H,1-3H3. The van der Waals surface area contributed by atoms with Crippen LogP contribution in [-0.2, 0) is 0 Å². The fourth-order valence-electron chi connectivity index (χ4n) is 4.27. The zero-order valence-electron chi connectivity index (χ0n) is 17.6. The van der Waals surface area contributed by atoms with Crippen LogP contribution in [0.4, 0.5) is 11.4 Å². The van der Waals surface area contributed by atoms with Crippen LogP contribution >= 0.6 is 0 Å². The molecule has 148 valence electrons. The maximum absolute atomic E-state index is 6.18. The van der Waals surface area contributed by atoms with Crippen molar-refractivity contribution in [2.45, 2.75) is 26.3 Å². The Morgan fingerprint density at radius 2 is 1.30 bits per heavy atom. The Hall–Kier alpha value is -3.52. The second-order valence-electron chi connectivity index (χ2n) is 8.67. The molecule has 2 heteroatoms. The highest BCUT2D eigenvalue weighted by molar-refractivity contribution is 6.06. The molecule has 0 saturated heterocycles. The molecule has 1 aromatic heterocycles. The Balaban J connectivity index is 1.71. The van der Waals surface area contributed by atoms with Crippen LogP contribution in [0, 0.1) is 0 Å². The highest BCUT2D eigenvalue weighted by atomic mass is 16.3. The predicted molar refractivity (Wildman–Crippen MR) is 127 cm³/mol. The van der Waals surface area contributed by atoms with Gasteiger partial charge in [0.15, 0.2) is 0 Å². The van der Waals surface area contributed by atoms with Gasteiger partial charge in [0, 0.05) is 39.3 Å². The number of furan rings is 1. The van der Waals surface area contributed by atoms with Crippen LogP contribution in [0.1, 0.15) is 20.8 Å². The minimum absolute atomic E-state index is 0.120. The van der Waals surface area contributed by atoms with E-state index in [2.05, 4.69) is 111 Å². The smallest absolute Gasteiger partial charge is 0.137 e. The van der Waals surface area contributed by atoms with Gasteiger partial charge < -0.3 is 9.32 Å². The van der Waals surface area contributed by atoms with E-state index in [1.807, 2.05) is 12.1 Å². The summed E-state index contributed by atoms with van der Waals surface area (Å²) >= 11 is 0. The van der Waals surface area contributed by atoms with Crippen molar-refractivity contribution in [1.82, 2.24) is 0 Å². The van der Waals surface area contributed by atoms with Crippen molar-refractivity contribution in [3.8, 4) is 11.1 Å². The molecule has 1 heterocycles. The fourth-order valence-corrected chi connectivity index (χ4v) is 4.27. The van der Waals surface area contributed by atoms with Gasteiger partial charge in [0.25, 0.3) is 0 Å². The molecule has 0 atom stereocenters. The first-order valence-electron chi connectivity index (χ1n) is 10.4. The summed E-state index contributed by atoms with van der Waals surface area (Å²) in [4.78, 5) is 2.40. The van der Waals surface area contributed by atoms with Crippen LogP contribution in [0.15, 0.2) is 101 Å². The lowest BCUT2D eigenvalue weighted by atomic mass is 9.97. The molecule has 30 heavy (non-hydrogen) atoms. The maximum Gasteiger partial charge on any atom is 0.137 e. The van der Waals surface area contributed by atoms with E-state index in [4.69, 9.17) is 4.42 Å². The Kier molecular flexibility index (Phi) is 4.36. The fraction of sp³-hybridized carbons (Fsp3) is 0.143. The van der Waals surface area contributed by atoms with Crippen molar-refractivity contribution in [1.29, 1.82) is 0 Å². The molecule has 2 nitrogen and oxygen atoms in total. The summed E-state index contributed by atoms with van der Waals surface area (Å²) in [5.41, 5.74) is 6.47. The van der Waals surface area contributed by atoms with Crippen LogP contribution < -0.4 is 4.90 Å². The van der Waals surface area contributed by atoms with Gasteiger partial charge in [-0.15, -0.1) is 0 Å². The lowest BCUT2D eigenvalue weighted by Gasteiger charge is -2.39. The lowest BCUT2D eigenvalue weighted by Crippen LogP contribution is -2.37. The van der Waals surface area contributed by atoms with Gasteiger partial charge in [-0.3, -0.25) is 0 Å². The average Bonchev–Trinajstić information content (AvgIpc) is 3.12. The van der Waals surface area contributed by atoms with Crippen LogP contribution in [0.5, 0.6) is 0 Å². The van der Waals surface area contributed by atoms with Gasteiger partial charge in [-0.05, 0) is 50.6 Å². The van der Waals surface area contributed by atoms with E-state index in [1.54, 1.807) is 0 Å². The van der Waals surface area contributed by atoms with E-state index in [0.29, 0.717) is 0 Å². The molecule has 0 fully saturated rings. The molecule has 0 bridgehead atoms. The molecule has 4 aromatic carbocycles. The van der Waals surface area contributed by atoms with E-state index in [0.717, 1.165) is 27.6 Å². The van der Waals surface area contributed by atoms with Gasteiger partial charge in [0.05, 0.1) is 0 Å². The van der Waals surface area contributed by atoms with Crippen LogP contribution in [0.2, 0.25) is 0 Å². The molecule has 5 aromatic rings. The number of para-hydroxylation sites is 2. The SMILES string of the molecule is CC(C)(C)N(c1ccc2c(c1)oc1ccccc12)c1ccccc1-c1ccccc1. The number of anilines is 2. The third-order valence-electron chi connectivity index (χ3n) is 5.52. The Morgan fingerprint density at radius 3 is 2.10 bits per heavy atom. The number of nitrogens with zero attached hydrogens (tertiary/aromatic N) is 1. The number of benzene rings is 4. The quantitative estimate of drug-likeness (QED) is 0.308. The third-order valence-corrected chi connectivity index (χ3v) is 5.52. The summed E-state index contributed by atoms with van der Waals surface area (Å²) < 4.78 is 6.18. The van der Waals surface area contributed by atoms with Gasteiger partial charge in [0.1, 0.15) is 11.2 Å². The molecule has 0 radical (unpaired) electrons. The highest BCUT2D eigenvalue weighted by Crippen LogP contribution is 2.41. The van der Waals surface area contributed by atoms with E-state index >= 15 is 0 Å². The van der Waals surface area contributed by atoms with Crippen molar-refractivity contribution in [3.05, 3.63) is 97.1 Å². The zero-order chi connectivity index (χ0) is 20.7. The second-order valence-corrected chi connectivity index (χ2v) is 8.67. The zero-order valence-corrected chi connectivity index (χ0v) is 17.6. The van der Waals surface area contributed by atoms with E-state index in [-0.39, 0.29) is 5.54 Å². The normalized spacial score (nSPS) is 11.8. The van der Waals surface area contributed by atoms with Gasteiger partial charge in [-0.2, -0.15) is 0 Å². The van der Waals surface area contributed by atoms with Crippen molar-refractivity contribution < 1.29 is 4.42 Å².